The van der Waals surface area contributed by atoms with Gasteiger partial charge in [0.15, 0.2) is 0 Å². The van der Waals surface area contributed by atoms with E-state index in [4.69, 9.17) is 0 Å². The Morgan fingerprint density at radius 2 is 1.97 bits per heavy atom. The van der Waals surface area contributed by atoms with E-state index in [1.165, 1.54) is 33.8 Å². The highest BCUT2D eigenvalue weighted by molar-refractivity contribution is 7.89. The minimum Gasteiger partial charge on any atom is -0.320 e. The lowest BCUT2D eigenvalue weighted by Gasteiger charge is -2.30. The van der Waals surface area contributed by atoms with Crippen molar-refractivity contribution in [2.24, 2.45) is 0 Å². The van der Waals surface area contributed by atoms with Gasteiger partial charge in [0.2, 0.25) is 15.0 Å². The van der Waals surface area contributed by atoms with Gasteiger partial charge in [-0.25, -0.2) is 12.8 Å². The second kappa shape index (κ2) is 8.81. The number of halogens is 1. The molecule has 1 atom stereocenters. The molecule has 0 spiro atoms. The van der Waals surface area contributed by atoms with Crippen LogP contribution in [0.4, 0.5) is 10.1 Å². The SMILES string of the molecule is Cc1ccc(NC(=O)c2nnc(C3CCCN(S(=O)(=O)c4cccc(F)c4)C3)s2)cc1. The van der Waals surface area contributed by atoms with Gasteiger partial charge in [0, 0.05) is 24.7 Å². The molecule has 0 saturated carbocycles. The van der Waals surface area contributed by atoms with E-state index in [1.807, 2.05) is 31.2 Å². The molecule has 0 bridgehead atoms. The number of nitrogens with zero attached hydrogens (tertiary/aromatic N) is 3. The van der Waals surface area contributed by atoms with Gasteiger partial charge in [-0.15, -0.1) is 10.2 Å². The molecule has 1 fully saturated rings. The fourth-order valence-corrected chi connectivity index (χ4v) is 5.87. The van der Waals surface area contributed by atoms with E-state index in [2.05, 4.69) is 15.5 Å². The van der Waals surface area contributed by atoms with Crippen LogP contribution < -0.4 is 5.32 Å². The molecule has 4 rings (SSSR count). The number of aromatic nitrogens is 2. The van der Waals surface area contributed by atoms with Gasteiger partial charge in [0.25, 0.3) is 5.91 Å². The Kier molecular flexibility index (Phi) is 6.12. The fraction of sp³-hybridized carbons (Fsp3) is 0.286. The molecule has 1 saturated heterocycles. The summed E-state index contributed by atoms with van der Waals surface area (Å²) in [4.78, 5) is 12.4. The third-order valence-electron chi connectivity index (χ3n) is 5.11. The van der Waals surface area contributed by atoms with Crippen LogP contribution in [0.15, 0.2) is 53.4 Å². The highest BCUT2D eigenvalue weighted by Crippen LogP contribution is 2.32. The first-order valence-corrected chi connectivity index (χ1v) is 12.1. The highest BCUT2D eigenvalue weighted by atomic mass is 32.2. The van der Waals surface area contributed by atoms with Gasteiger partial charge in [-0.3, -0.25) is 4.79 Å². The van der Waals surface area contributed by atoms with Crippen LogP contribution in [-0.4, -0.2) is 41.9 Å². The minimum atomic E-state index is -3.81. The van der Waals surface area contributed by atoms with Crippen molar-refractivity contribution in [1.29, 1.82) is 0 Å². The van der Waals surface area contributed by atoms with Crippen molar-refractivity contribution >= 4 is 33.0 Å². The van der Waals surface area contributed by atoms with E-state index in [-0.39, 0.29) is 28.3 Å². The standard InChI is InChI=1S/C21H21FN4O3S2/c1-14-7-9-17(10-8-14)23-19(27)21-25-24-20(30-21)15-4-3-11-26(13-15)31(28,29)18-6-2-5-16(22)12-18/h2,5-10,12,15H,3-4,11,13H2,1H3,(H,23,27). The number of hydrogen-bond donors (Lipinski definition) is 1. The summed E-state index contributed by atoms with van der Waals surface area (Å²) in [6.07, 6.45) is 1.38. The predicted molar refractivity (Wildman–Crippen MR) is 116 cm³/mol. The van der Waals surface area contributed by atoms with Crippen LogP contribution in [0.25, 0.3) is 0 Å². The van der Waals surface area contributed by atoms with Gasteiger partial charge in [-0.2, -0.15) is 4.31 Å². The number of piperidine rings is 1. The largest absolute Gasteiger partial charge is 0.320 e. The maximum Gasteiger partial charge on any atom is 0.286 e. The first-order chi connectivity index (χ1) is 14.8. The van der Waals surface area contributed by atoms with Crippen LogP contribution in [0.3, 0.4) is 0 Å². The number of nitrogens with one attached hydrogen (secondary N) is 1. The molecule has 2 aromatic carbocycles. The molecule has 1 N–H and O–H groups in total. The Balaban J connectivity index is 1.47. The monoisotopic (exact) mass is 460 g/mol. The van der Waals surface area contributed by atoms with Gasteiger partial charge in [-0.05, 0) is 50.1 Å². The number of sulfonamides is 1. The zero-order valence-electron chi connectivity index (χ0n) is 16.8. The first-order valence-electron chi connectivity index (χ1n) is 9.80. The second-order valence-corrected chi connectivity index (χ2v) is 10.4. The van der Waals surface area contributed by atoms with Crippen molar-refractivity contribution in [1.82, 2.24) is 14.5 Å². The number of benzene rings is 2. The van der Waals surface area contributed by atoms with Gasteiger partial charge in [-0.1, -0.05) is 35.1 Å². The molecular weight excluding hydrogens is 439 g/mol. The topological polar surface area (TPSA) is 92.3 Å². The van der Waals surface area contributed by atoms with E-state index in [1.54, 1.807) is 0 Å². The molecule has 0 aliphatic carbocycles. The second-order valence-electron chi connectivity index (χ2n) is 7.43. The number of amides is 1. The number of carbonyl (C=O) groups is 1. The summed E-state index contributed by atoms with van der Waals surface area (Å²) >= 11 is 1.17. The van der Waals surface area contributed by atoms with E-state index < -0.39 is 15.8 Å². The molecule has 162 valence electrons. The molecule has 0 radical (unpaired) electrons. The predicted octanol–water partition coefficient (Wildman–Crippen LogP) is 3.81. The normalized spacial score (nSPS) is 17.4. The Bertz CT molecular complexity index is 1200. The number of aryl methyl sites for hydroxylation is 1. The van der Waals surface area contributed by atoms with Crippen molar-refractivity contribution in [2.75, 3.05) is 18.4 Å². The maximum atomic E-state index is 13.5. The lowest BCUT2D eigenvalue weighted by atomic mass is 10.0. The summed E-state index contributed by atoms with van der Waals surface area (Å²) < 4.78 is 40.7. The van der Waals surface area contributed by atoms with Gasteiger partial charge in [0.05, 0.1) is 4.90 Å². The van der Waals surface area contributed by atoms with Gasteiger partial charge in [0.1, 0.15) is 10.8 Å². The van der Waals surface area contributed by atoms with Crippen LogP contribution in [0, 0.1) is 12.7 Å². The molecule has 1 aliphatic heterocycles. The molecule has 3 aromatic rings. The fourth-order valence-electron chi connectivity index (χ4n) is 3.45. The quantitative estimate of drug-likeness (QED) is 0.625. The van der Waals surface area contributed by atoms with Crippen LogP contribution >= 0.6 is 11.3 Å². The highest BCUT2D eigenvalue weighted by Gasteiger charge is 2.33. The Labute approximate surface area is 184 Å². The molecule has 7 nitrogen and oxygen atoms in total. The first kappa shape index (κ1) is 21.5. The lowest BCUT2D eigenvalue weighted by Crippen LogP contribution is -2.39. The van der Waals surface area contributed by atoms with Crippen molar-refractivity contribution in [3.63, 3.8) is 0 Å². The van der Waals surface area contributed by atoms with Gasteiger partial charge >= 0.3 is 0 Å². The van der Waals surface area contributed by atoms with Crippen LogP contribution in [0.5, 0.6) is 0 Å². The summed E-state index contributed by atoms with van der Waals surface area (Å²) in [7, 11) is -3.81. The van der Waals surface area contributed by atoms with E-state index in [9.17, 15) is 17.6 Å². The zero-order chi connectivity index (χ0) is 22.0. The summed E-state index contributed by atoms with van der Waals surface area (Å²) in [6.45, 7) is 2.53. The number of anilines is 1. The van der Waals surface area contributed by atoms with Crippen LogP contribution in [0.1, 0.15) is 39.1 Å². The third kappa shape index (κ3) is 4.81. The summed E-state index contributed by atoms with van der Waals surface area (Å²) in [5.41, 5.74) is 1.75. The Hall–Kier alpha value is -2.69. The number of rotatable bonds is 5. The molecule has 1 amide bonds. The lowest BCUT2D eigenvalue weighted by molar-refractivity contribution is 0.102. The average Bonchev–Trinajstić information content (AvgIpc) is 3.26. The maximum absolute atomic E-state index is 13.5. The third-order valence-corrected chi connectivity index (χ3v) is 8.06. The molecule has 10 heteroatoms. The van der Waals surface area contributed by atoms with E-state index in [0.717, 1.165) is 18.1 Å². The van der Waals surface area contributed by atoms with Crippen molar-refractivity contribution < 1.29 is 17.6 Å². The number of hydrogen-bond acceptors (Lipinski definition) is 6. The Morgan fingerprint density at radius 1 is 1.19 bits per heavy atom. The Morgan fingerprint density at radius 3 is 2.71 bits per heavy atom. The van der Waals surface area contributed by atoms with E-state index in [0.29, 0.717) is 23.7 Å². The van der Waals surface area contributed by atoms with Crippen molar-refractivity contribution in [3.05, 3.63) is 69.9 Å². The number of carbonyl (C=O) groups excluding carboxylic acids is 1. The summed E-state index contributed by atoms with van der Waals surface area (Å²) in [6, 6.07) is 12.4. The van der Waals surface area contributed by atoms with E-state index >= 15 is 0 Å². The smallest absolute Gasteiger partial charge is 0.286 e. The molecule has 1 unspecified atom stereocenters. The molecule has 2 heterocycles. The van der Waals surface area contributed by atoms with Crippen LogP contribution in [0.2, 0.25) is 0 Å². The molecule has 1 aromatic heterocycles. The molecule has 31 heavy (non-hydrogen) atoms. The summed E-state index contributed by atoms with van der Waals surface area (Å²) in [5, 5.41) is 11.8. The van der Waals surface area contributed by atoms with Crippen molar-refractivity contribution in [2.45, 2.75) is 30.6 Å². The molecule has 1 aliphatic rings. The van der Waals surface area contributed by atoms with Crippen molar-refractivity contribution in [3.8, 4) is 0 Å². The molecular formula is C21H21FN4O3S2. The van der Waals surface area contributed by atoms with Gasteiger partial charge < -0.3 is 5.32 Å². The average molecular weight is 461 g/mol. The minimum absolute atomic E-state index is 0.0661. The zero-order valence-corrected chi connectivity index (χ0v) is 18.4. The van der Waals surface area contributed by atoms with Crippen LogP contribution in [-0.2, 0) is 10.0 Å². The summed E-state index contributed by atoms with van der Waals surface area (Å²) in [5.74, 6) is -1.12.